The highest BCUT2D eigenvalue weighted by atomic mass is 35.5. The van der Waals surface area contributed by atoms with Crippen LogP contribution in [0, 0.1) is 19.3 Å². The Hall–Kier alpha value is -3.13. The van der Waals surface area contributed by atoms with Crippen molar-refractivity contribution in [3.05, 3.63) is 51.3 Å². The maximum atomic E-state index is 14.4. The van der Waals surface area contributed by atoms with Gasteiger partial charge in [0.2, 0.25) is 0 Å². The van der Waals surface area contributed by atoms with E-state index in [1.807, 2.05) is 0 Å². The number of alkyl halides is 7. The third-order valence-electron chi connectivity index (χ3n) is 4.70. The number of aliphatic imine (C=N–C) groups is 1. The SMILES string of the molecule is Cc1cc(C(F)(C(F)(F)F)C(F)(F)F)cc(C)c1N/C=C(\C=N)C1=NC(C(=O)ON)=C(Cl)CN1. The first-order valence-electron chi connectivity index (χ1n) is 9.12. The Kier molecular flexibility index (Phi) is 7.67. The number of hydrogen-bond acceptors (Lipinski definition) is 7. The van der Waals surface area contributed by atoms with Crippen molar-refractivity contribution in [3.63, 3.8) is 0 Å². The van der Waals surface area contributed by atoms with Crippen molar-refractivity contribution in [1.29, 1.82) is 5.41 Å². The summed E-state index contributed by atoms with van der Waals surface area (Å²) >= 11 is 5.87. The van der Waals surface area contributed by atoms with E-state index in [0.717, 1.165) is 12.4 Å². The van der Waals surface area contributed by atoms with Crippen LogP contribution in [-0.2, 0) is 15.3 Å². The fourth-order valence-corrected chi connectivity index (χ4v) is 3.23. The second-order valence-corrected chi connectivity index (χ2v) is 7.46. The van der Waals surface area contributed by atoms with Crippen LogP contribution in [0.1, 0.15) is 16.7 Å². The van der Waals surface area contributed by atoms with Gasteiger partial charge in [-0.1, -0.05) is 23.7 Å². The van der Waals surface area contributed by atoms with Crippen LogP contribution in [0.15, 0.2) is 39.6 Å². The van der Waals surface area contributed by atoms with Gasteiger partial charge in [-0.2, -0.15) is 32.2 Å². The highest BCUT2D eigenvalue weighted by Gasteiger charge is 2.73. The van der Waals surface area contributed by atoms with Crippen LogP contribution in [0.2, 0.25) is 0 Å². The number of aryl methyl sites for hydroxylation is 2. The molecule has 0 saturated carbocycles. The Labute approximate surface area is 193 Å². The minimum absolute atomic E-state index is 0.0137. The lowest BCUT2D eigenvalue weighted by atomic mass is 9.90. The van der Waals surface area contributed by atoms with Crippen LogP contribution >= 0.6 is 11.6 Å². The van der Waals surface area contributed by atoms with E-state index in [1.54, 1.807) is 0 Å². The quantitative estimate of drug-likeness (QED) is 0.255. The van der Waals surface area contributed by atoms with E-state index in [0.29, 0.717) is 12.1 Å². The molecule has 0 unspecified atom stereocenters. The van der Waals surface area contributed by atoms with E-state index < -0.39 is 29.6 Å². The first kappa shape index (κ1) is 27.1. The molecule has 0 atom stereocenters. The summed E-state index contributed by atoms with van der Waals surface area (Å²) in [6, 6.07) is 0.866. The Morgan fingerprint density at radius 2 is 1.71 bits per heavy atom. The molecule has 1 heterocycles. The van der Waals surface area contributed by atoms with Gasteiger partial charge in [-0.15, -0.1) is 0 Å². The molecule has 15 heteroatoms. The van der Waals surface area contributed by atoms with Crippen LogP contribution in [0.5, 0.6) is 0 Å². The summed E-state index contributed by atoms with van der Waals surface area (Å²) in [5, 5.41) is 12.9. The van der Waals surface area contributed by atoms with Gasteiger partial charge in [-0.05, 0) is 25.0 Å². The van der Waals surface area contributed by atoms with Crippen LogP contribution in [0.25, 0.3) is 0 Å². The van der Waals surface area contributed by atoms with Gasteiger partial charge in [0.1, 0.15) is 5.84 Å². The van der Waals surface area contributed by atoms with Crippen molar-refractivity contribution >= 4 is 35.3 Å². The van der Waals surface area contributed by atoms with Crippen molar-refractivity contribution in [2.45, 2.75) is 31.9 Å². The van der Waals surface area contributed by atoms with Crippen LogP contribution in [0.4, 0.5) is 36.4 Å². The molecule has 0 fully saturated rings. The van der Waals surface area contributed by atoms with Crippen molar-refractivity contribution in [2.75, 3.05) is 11.9 Å². The van der Waals surface area contributed by atoms with Crippen LogP contribution in [0.3, 0.4) is 0 Å². The molecule has 1 aromatic rings. The molecule has 7 nitrogen and oxygen atoms in total. The zero-order valence-electron chi connectivity index (χ0n) is 17.4. The van der Waals surface area contributed by atoms with E-state index in [9.17, 15) is 35.5 Å². The first-order valence-corrected chi connectivity index (χ1v) is 9.50. The number of nitrogens with zero attached hydrogens (tertiary/aromatic N) is 1. The third kappa shape index (κ3) is 5.01. The van der Waals surface area contributed by atoms with E-state index in [4.69, 9.17) is 22.9 Å². The number of hydrogen-bond donors (Lipinski definition) is 4. The van der Waals surface area contributed by atoms with E-state index in [1.165, 1.54) is 13.8 Å². The molecule has 0 amide bonds. The van der Waals surface area contributed by atoms with Crippen molar-refractivity contribution in [2.24, 2.45) is 10.9 Å². The summed E-state index contributed by atoms with van der Waals surface area (Å²) in [5.41, 5.74) is -7.72. The van der Waals surface area contributed by atoms with Crippen LogP contribution in [-0.4, -0.2) is 36.9 Å². The van der Waals surface area contributed by atoms with E-state index >= 15 is 0 Å². The molecule has 0 saturated heterocycles. The second-order valence-electron chi connectivity index (χ2n) is 7.00. The number of nitrogens with two attached hydrogens (primary N) is 1. The molecule has 1 aromatic carbocycles. The van der Waals surface area contributed by atoms with E-state index in [2.05, 4.69) is 20.5 Å². The smallest absolute Gasteiger partial charge is 0.368 e. The Morgan fingerprint density at radius 3 is 2.15 bits per heavy atom. The zero-order valence-corrected chi connectivity index (χ0v) is 18.1. The fourth-order valence-electron chi connectivity index (χ4n) is 3.04. The van der Waals surface area contributed by atoms with Crippen molar-refractivity contribution in [3.8, 4) is 0 Å². The molecular weight excluding hydrogens is 499 g/mol. The highest BCUT2D eigenvalue weighted by molar-refractivity contribution is 6.33. The summed E-state index contributed by atoms with van der Waals surface area (Å²) in [6.45, 7) is 2.28. The zero-order chi connectivity index (χ0) is 26.1. The lowest BCUT2D eigenvalue weighted by Gasteiger charge is -2.31. The number of amidine groups is 1. The first-order chi connectivity index (χ1) is 15.6. The Balaban J connectivity index is 2.47. The number of nitrogens with one attached hydrogen (secondary N) is 3. The van der Waals surface area contributed by atoms with Gasteiger partial charge in [0.25, 0.3) is 0 Å². The molecule has 0 radical (unpaired) electrons. The average molecular weight is 516 g/mol. The van der Waals surface area contributed by atoms with Gasteiger partial charge in [0, 0.05) is 23.7 Å². The molecule has 1 aliphatic heterocycles. The fraction of sp³-hybridized carbons (Fsp3) is 0.316. The Bertz CT molecular complexity index is 1060. The number of rotatable bonds is 6. The Morgan fingerprint density at radius 1 is 1.18 bits per heavy atom. The largest absolute Gasteiger partial charge is 0.435 e. The van der Waals surface area contributed by atoms with Gasteiger partial charge >= 0.3 is 24.0 Å². The molecule has 0 spiro atoms. The molecule has 0 aromatic heterocycles. The monoisotopic (exact) mass is 515 g/mol. The number of halogens is 8. The summed E-state index contributed by atoms with van der Waals surface area (Å²) in [7, 11) is 0. The number of anilines is 1. The molecule has 0 bridgehead atoms. The minimum Gasteiger partial charge on any atom is -0.368 e. The minimum atomic E-state index is -6.24. The summed E-state index contributed by atoms with van der Waals surface area (Å²) in [6.07, 6.45) is -10.5. The third-order valence-corrected chi connectivity index (χ3v) is 5.02. The van der Waals surface area contributed by atoms with Gasteiger partial charge < -0.3 is 20.9 Å². The van der Waals surface area contributed by atoms with Gasteiger partial charge in [-0.25, -0.2) is 14.2 Å². The molecule has 5 N–H and O–H groups in total. The molecule has 1 aliphatic rings. The number of benzene rings is 1. The predicted molar refractivity (Wildman–Crippen MR) is 110 cm³/mol. The summed E-state index contributed by atoms with van der Waals surface area (Å²) < 4.78 is 92.9. The standard InChI is InChI=1S/C19H17ClF7N5O2/c1-8-3-11(17(21,18(22,23)24)19(25,26)27)4-9(2)13(8)30-6-10(5-28)15-31-7-12(20)14(32-15)16(33)34-29/h3-6,28,30H,7,29H2,1-2H3,(H,31,32)/b10-6+,28-5?. The normalized spacial score (nSPS) is 15.5. The summed E-state index contributed by atoms with van der Waals surface area (Å²) in [4.78, 5) is 19.6. The predicted octanol–water partition coefficient (Wildman–Crippen LogP) is 4.41. The van der Waals surface area contributed by atoms with Crippen molar-refractivity contribution < 1.29 is 40.4 Å². The molecule has 34 heavy (non-hydrogen) atoms. The average Bonchev–Trinajstić information content (AvgIpc) is 2.73. The lowest BCUT2D eigenvalue weighted by molar-refractivity contribution is -0.348. The van der Waals surface area contributed by atoms with E-state index in [-0.39, 0.29) is 45.5 Å². The maximum absolute atomic E-state index is 14.4. The second kappa shape index (κ2) is 9.62. The summed E-state index contributed by atoms with van der Waals surface area (Å²) in [5.74, 6) is 3.73. The molecule has 2 rings (SSSR count). The molecule has 0 aliphatic carbocycles. The van der Waals surface area contributed by atoms with Gasteiger partial charge in [0.05, 0.1) is 17.2 Å². The topological polar surface area (TPSA) is 113 Å². The highest BCUT2D eigenvalue weighted by Crippen LogP contribution is 2.53. The molecular formula is C19H17ClF7N5O2. The molecule has 186 valence electrons. The lowest BCUT2D eigenvalue weighted by Crippen LogP contribution is -2.50. The van der Waals surface area contributed by atoms with Crippen LogP contribution < -0.4 is 16.5 Å². The van der Waals surface area contributed by atoms with Crippen molar-refractivity contribution in [1.82, 2.24) is 5.32 Å². The van der Waals surface area contributed by atoms with Gasteiger partial charge in [0.15, 0.2) is 5.70 Å². The number of carbonyl (C=O) groups is 1. The van der Waals surface area contributed by atoms with Gasteiger partial charge in [-0.3, -0.25) is 0 Å². The number of carbonyl (C=O) groups excluding carboxylic acids is 1. The maximum Gasteiger partial charge on any atom is 0.435 e.